The maximum absolute atomic E-state index is 13.4. The third-order valence-corrected chi connectivity index (χ3v) is 2.28. The predicted octanol–water partition coefficient (Wildman–Crippen LogP) is 1.79. The van der Waals surface area contributed by atoms with Crippen LogP contribution in [-0.2, 0) is 9.53 Å². The minimum absolute atomic E-state index is 0.00441. The number of carbonyl (C=O) groups is 1. The van der Waals surface area contributed by atoms with Crippen molar-refractivity contribution in [2.24, 2.45) is 0 Å². The second kappa shape index (κ2) is 5.55. The Balaban J connectivity index is 2.90. The van der Waals surface area contributed by atoms with Crippen molar-refractivity contribution in [3.8, 4) is 0 Å². The lowest BCUT2D eigenvalue weighted by molar-refractivity contribution is -0.141. The van der Waals surface area contributed by atoms with E-state index in [1.165, 1.54) is 13.2 Å². The first-order valence-electron chi connectivity index (χ1n) is 4.77. The topological polar surface area (TPSA) is 38.3 Å². The van der Waals surface area contributed by atoms with Crippen molar-refractivity contribution >= 4 is 5.97 Å². The largest absolute Gasteiger partial charge is 0.469 e. The van der Waals surface area contributed by atoms with E-state index in [4.69, 9.17) is 0 Å². The summed E-state index contributed by atoms with van der Waals surface area (Å²) in [7, 11) is 2.85. The van der Waals surface area contributed by atoms with Gasteiger partial charge in [-0.2, -0.15) is 0 Å². The summed E-state index contributed by atoms with van der Waals surface area (Å²) >= 11 is 0. The van der Waals surface area contributed by atoms with E-state index >= 15 is 0 Å². The molecule has 0 amide bonds. The number of hydrogen-bond donors (Lipinski definition) is 1. The highest BCUT2D eigenvalue weighted by Gasteiger charge is 2.18. The number of nitrogens with one attached hydrogen (secondary N) is 1. The molecule has 1 unspecified atom stereocenters. The second-order valence-electron chi connectivity index (χ2n) is 3.29. The Labute approximate surface area is 92.4 Å². The van der Waals surface area contributed by atoms with E-state index < -0.39 is 23.6 Å². The van der Waals surface area contributed by atoms with Crippen LogP contribution in [0.1, 0.15) is 18.0 Å². The fraction of sp³-hybridized carbons (Fsp3) is 0.364. The zero-order valence-electron chi connectivity index (χ0n) is 9.09. The summed E-state index contributed by atoms with van der Waals surface area (Å²) in [6.07, 6.45) is -0.00441. The standard InChI is InChI=1S/C11H13F2NO2/c1-14-10(6-11(15)16-2)8-4-3-7(12)5-9(8)13/h3-5,10,14H,6H2,1-2H3. The van der Waals surface area contributed by atoms with Crippen LogP contribution in [0.25, 0.3) is 0 Å². The number of benzene rings is 1. The molecular weight excluding hydrogens is 216 g/mol. The number of rotatable bonds is 4. The molecule has 0 saturated heterocycles. The maximum atomic E-state index is 13.4. The fourth-order valence-electron chi connectivity index (χ4n) is 1.40. The zero-order valence-corrected chi connectivity index (χ0v) is 9.09. The molecule has 3 nitrogen and oxygen atoms in total. The molecule has 0 bridgehead atoms. The van der Waals surface area contributed by atoms with Gasteiger partial charge in [0.15, 0.2) is 0 Å². The van der Waals surface area contributed by atoms with Gasteiger partial charge < -0.3 is 10.1 Å². The lowest BCUT2D eigenvalue weighted by Gasteiger charge is -2.15. The summed E-state index contributed by atoms with van der Waals surface area (Å²) in [6, 6.07) is 2.74. The molecule has 1 rings (SSSR count). The molecule has 5 heteroatoms. The first-order chi connectivity index (χ1) is 7.58. The van der Waals surface area contributed by atoms with Crippen LogP contribution in [-0.4, -0.2) is 20.1 Å². The highest BCUT2D eigenvalue weighted by molar-refractivity contribution is 5.70. The van der Waals surface area contributed by atoms with E-state index in [2.05, 4.69) is 10.1 Å². The normalized spacial score (nSPS) is 12.2. The maximum Gasteiger partial charge on any atom is 0.307 e. The van der Waals surface area contributed by atoms with Crippen molar-refractivity contribution in [1.29, 1.82) is 0 Å². The molecule has 0 spiro atoms. The lowest BCUT2D eigenvalue weighted by atomic mass is 10.0. The molecule has 0 saturated carbocycles. The van der Waals surface area contributed by atoms with Crippen LogP contribution in [0.4, 0.5) is 8.78 Å². The number of ether oxygens (including phenoxy) is 1. The number of hydrogen-bond acceptors (Lipinski definition) is 3. The highest BCUT2D eigenvalue weighted by Crippen LogP contribution is 2.20. The van der Waals surface area contributed by atoms with Crippen LogP contribution in [0.2, 0.25) is 0 Å². The van der Waals surface area contributed by atoms with Gasteiger partial charge in [-0.25, -0.2) is 8.78 Å². The third-order valence-electron chi connectivity index (χ3n) is 2.28. The van der Waals surface area contributed by atoms with Gasteiger partial charge in [0, 0.05) is 17.7 Å². The van der Waals surface area contributed by atoms with E-state index in [1.54, 1.807) is 7.05 Å². The van der Waals surface area contributed by atoms with Gasteiger partial charge in [0.1, 0.15) is 11.6 Å². The average molecular weight is 229 g/mol. The van der Waals surface area contributed by atoms with E-state index in [-0.39, 0.29) is 12.0 Å². The molecule has 0 aromatic heterocycles. The van der Waals surface area contributed by atoms with Crippen molar-refractivity contribution in [2.75, 3.05) is 14.2 Å². The van der Waals surface area contributed by atoms with Gasteiger partial charge in [-0.15, -0.1) is 0 Å². The van der Waals surface area contributed by atoms with Crippen LogP contribution in [0.15, 0.2) is 18.2 Å². The number of carbonyl (C=O) groups excluding carboxylic acids is 1. The molecule has 1 N–H and O–H groups in total. The number of esters is 1. The van der Waals surface area contributed by atoms with Crippen molar-refractivity contribution < 1.29 is 18.3 Å². The van der Waals surface area contributed by atoms with Gasteiger partial charge >= 0.3 is 5.97 Å². The predicted molar refractivity (Wildman–Crippen MR) is 54.8 cm³/mol. The smallest absolute Gasteiger partial charge is 0.307 e. The molecule has 16 heavy (non-hydrogen) atoms. The van der Waals surface area contributed by atoms with Gasteiger partial charge in [0.05, 0.1) is 13.5 Å². The highest BCUT2D eigenvalue weighted by atomic mass is 19.1. The van der Waals surface area contributed by atoms with Crippen molar-refractivity contribution in [3.05, 3.63) is 35.4 Å². The molecule has 0 aliphatic carbocycles. The van der Waals surface area contributed by atoms with Gasteiger partial charge in [0.2, 0.25) is 0 Å². The van der Waals surface area contributed by atoms with Gasteiger partial charge in [-0.1, -0.05) is 6.07 Å². The summed E-state index contributed by atoms with van der Waals surface area (Å²) in [4.78, 5) is 11.1. The van der Waals surface area contributed by atoms with Crippen molar-refractivity contribution in [3.63, 3.8) is 0 Å². The SMILES string of the molecule is CNC(CC(=O)OC)c1ccc(F)cc1F. The summed E-state index contributed by atoms with van der Waals surface area (Å²) in [5.41, 5.74) is 0.245. The van der Waals surface area contributed by atoms with Gasteiger partial charge in [0.25, 0.3) is 0 Å². The molecular formula is C11H13F2NO2. The van der Waals surface area contributed by atoms with Crippen molar-refractivity contribution in [2.45, 2.75) is 12.5 Å². The molecule has 0 radical (unpaired) electrons. The Morgan fingerprint density at radius 2 is 2.19 bits per heavy atom. The first-order valence-corrected chi connectivity index (χ1v) is 4.77. The molecule has 1 atom stereocenters. The number of methoxy groups -OCH3 is 1. The molecule has 88 valence electrons. The summed E-state index contributed by atoms with van der Waals surface area (Å²) in [5.74, 6) is -1.78. The summed E-state index contributed by atoms with van der Waals surface area (Å²) in [6.45, 7) is 0. The molecule has 0 heterocycles. The van der Waals surface area contributed by atoms with E-state index in [0.717, 1.165) is 12.1 Å². The Morgan fingerprint density at radius 1 is 1.50 bits per heavy atom. The Morgan fingerprint density at radius 3 is 2.69 bits per heavy atom. The number of halogens is 2. The molecule has 0 fully saturated rings. The summed E-state index contributed by atoms with van der Waals surface area (Å²) < 4.78 is 30.6. The van der Waals surface area contributed by atoms with Gasteiger partial charge in [-0.05, 0) is 13.1 Å². The first kappa shape index (κ1) is 12.6. The van der Waals surface area contributed by atoms with Gasteiger partial charge in [-0.3, -0.25) is 4.79 Å². The van der Waals surface area contributed by atoms with Crippen LogP contribution in [0.5, 0.6) is 0 Å². The Hall–Kier alpha value is -1.49. The second-order valence-corrected chi connectivity index (χ2v) is 3.29. The van der Waals surface area contributed by atoms with Crippen LogP contribution in [0.3, 0.4) is 0 Å². The minimum Gasteiger partial charge on any atom is -0.469 e. The average Bonchev–Trinajstić information content (AvgIpc) is 2.26. The van der Waals surface area contributed by atoms with E-state index in [1.807, 2.05) is 0 Å². The zero-order chi connectivity index (χ0) is 12.1. The molecule has 0 aliphatic heterocycles. The van der Waals surface area contributed by atoms with Crippen molar-refractivity contribution in [1.82, 2.24) is 5.32 Å². The summed E-state index contributed by atoms with van der Waals surface area (Å²) in [5, 5.41) is 2.78. The van der Waals surface area contributed by atoms with Crippen LogP contribution < -0.4 is 5.32 Å². The van der Waals surface area contributed by atoms with Crippen LogP contribution in [0, 0.1) is 11.6 Å². The van der Waals surface area contributed by atoms with E-state index in [9.17, 15) is 13.6 Å². The third kappa shape index (κ3) is 3.00. The Bertz CT molecular complexity index is 382. The fourth-order valence-corrected chi connectivity index (χ4v) is 1.40. The quantitative estimate of drug-likeness (QED) is 0.800. The van der Waals surface area contributed by atoms with E-state index in [0.29, 0.717) is 0 Å². The Kier molecular flexibility index (Phi) is 4.37. The molecule has 1 aromatic carbocycles. The molecule has 0 aliphatic rings. The minimum atomic E-state index is -0.678. The van der Waals surface area contributed by atoms with Crippen LogP contribution >= 0.6 is 0 Å². The molecule has 1 aromatic rings. The lowest BCUT2D eigenvalue weighted by Crippen LogP contribution is -2.21. The monoisotopic (exact) mass is 229 g/mol.